The van der Waals surface area contributed by atoms with Crippen LogP contribution < -0.4 is 10.2 Å². The van der Waals surface area contributed by atoms with Crippen LogP contribution >= 0.6 is 11.6 Å². The fourth-order valence-electron chi connectivity index (χ4n) is 2.20. The maximum atomic E-state index is 12.8. The van der Waals surface area contributed by atoms with Crippen molar-refractivity contribution in [1.29, 1.82) is 0 Å². The molecule has 1 atom stereocenters. The van der Waals surface area contributed by atoms with Crippen molar-refractivity contribution in [3.63, 3.8) is 0 Å². The lowest BCUT2D eigenvalue weighted by Crippen LogP contribution is -2.26. The smallest absolute Gasteiger partial charge is 0.344 e. The molecule has 0 spiro atoms. The van der Waals surface area contributed by atoms with E-state index >= 15 is 0 Å². The first-order valence-corrected chi connectivity index (χ1v) is 7.46. The second-order valence-corrected chi connectivity index (χ2v) is 5.67. The van der Waals surface area contributed by atoms with Gasteiger partial charge in [-0.25, -0.2) is 4.79 Å². The summed E-state index contributed by atoms with van der Waals surface area (Å²) in [4.78, 5) is 23.9. The van der Waals surface area contributed by atoms with E-state index < -0.39 is 17.5 Å². The first-order valence-electron chi connectivity index (χ1n) is 7.08. The van der Waals surface area contributed by atoms with Crippen LogP contribution in [0.3, 0.4) is 0 Å². The lowest BCUT2D eigenvalue weighted by atomic mass is 10.1. The standard InChI is InChI=1S/C17H13ClO6/c1-8-6-13-10(7-11(8)18)14(19)16(23-9(2)17(20)21)15(24-13)12-4-3-5-22-12/h3-7,9H,1-2H3,(H,20,21)/t9-/m1/s1. The molecule has 0 aliphatic heterocycles. The van der Waals surface area contributed by atoms with Gasteiger partial charge in [0.15, 0.2) is 11.9 Å². The van der Waals surface area contributed by atoms with E-state index in [0.717, 1.165) is 5.56 Å². The normalized spacial score (nSPS) is 12.3. The molecule has 1 N–H and O–H groups in total. The molecular formula is C17H13ClO6. The molecule has 0 unspecified atom stereocenters. The number of benzene rings is 1. The van der Waals surface area contributed by atoms with Crippen LogP contribution in [-0.2, 0) is 4.79 Å². The SMILES string of the molecule is Cc1cc2oc(-c3ccco3)c(O[C@H](C)C(=O)O)c(=O)c2cc1Cl. The second kappa shape index (κ2) is 6.05. The van der Waals surface area contributed by atoms with Gasteiger partial charge < -0.3 is 18.7 Å². The molecule has 0 saturated carbocycles. The molecule has 0 amide bonds. The summed E-state index contributed by atoms with van der Waals surface area (Å²) in [6, 6.07) is 6.32. The number of carboxylic acid groups (broad SMARTS) is 1. The van der Waals surface area contributed by atoms with Gasteiger partial charge in [-0.1, -0.05) is 11.6 Å². The number of rotatable bonds is 4. The van der Waals surface area contributed by atoms with E-state index in [2.05, 4.69) is 0 Å². The summed E-state index contributed by atoms with van der Waals surface area (Å²) < 4.78 is 16.4. The van der Waals surface area contributed by atoms with Crippen molar-refractivity contribution < 1.29 is 23.5 Å². The number of furan rings is 1. The number of aliphatic carboxylic acids is 1. The van der Waals surface area contributed by atoms with Crippen LogP contribution in [0.5, 0.6) is 5.75 Å². The van der Waals surface area contributed by atoms with Gasteiger partial charge >= 0.3 is 5.97 Å². The van der Waals surface area contributed by atoms with Gasteiger partial charge in [0, 0.05) is 5.02 Å². The zero-order chi connectivity index (χ0) is 17.4. The molecule has 0 aliphatic carbocycles. The highest BCUT2D eigenvalue weighted by molar-refractivity contribution is 6.32. The number of hydrogen-bond donors (Lipinski definition) is 1. The van der Waals surface area contributed by atoms with Crippen LogP contribution in [-0.4, -0.2) is 17.2 Å². The number of carboxylic acids is 1. The van der Waals surface area contributed by atoms with Crippen molar-refractivity contribution >= 4 is 28.5 Å². The quantitative estimate of drug-likeness (QED) is 0.769. The van der Waals surface area contributed by atoms with Gasteiger partial charge in [-0.15, -0.1) is 0 Å². The average molecular weight is 349 g/mol. The number of hydrogen-bond acceptors (Lipinski definition) is 5. The number of aryl methyl sites for hydroxylation is 1. The largest absolute Gasteiger partial charge is 0.479 e. The average Bonchev–Trinajstić information content (AvgIpc) is 3.06. The zero-order valence-electron chi connectivity index (χ0n) is 12.8. The summed E-state index contributed by atoms with van der Waals surface area (Å²) in [7, 11) is 0. The van der Waals surface area contributed by atoms with Gasteiger partial charge in [0.05, 0.1) is 11.6 Å². The molecule has 1 aromatic carbocycles. The Hall–Kier alpha value is -2.73. The molecule has 2 heterocycles. The third kappa shape index (κ3) is 2.76. The minimum absolute atomic E-state index is 0.0346. The molecule has 0 aliphatic rings. The molecule has 6 nitrogen and oxygen atoms in total. The maximum absolute atomic E-state index is 12.8. The van der Waals surface area contributed by atoms with Crippen molar-refractivity contribution in [2.45, 2.75) is 20.0 Å². The molecule has 2 aromatic heterocycles. The molecule has 24 heavy (non-hydrogen) atoms. The van der Waals surface area contributed by atoms with E-state index in [9.17, 15) is 9.59 Å². The molecular weight excluding hydrogens is 336 g/mol. The minimum atomic E-state index is -1.24. The monoisotopic (exact) mass is 348 g/mol. The summed E-state index contributed by atoms with van der Waals surface area (Å²) in [6.07, 6.45) is 0.178. The number of halogens is 1. The van der Waals surface area contributed by atoms with Crippen molar-refractivity contribution in [3.8, 4) is 17.3 Å². The van der Waals surface area contributed by atoms with Crippen molar-refractivity contribution in [1.82, 2.24) is 0 Å². The fraction of sp³-hybridized carbons (Fsp3) is 0.176. The predicted octanol–water partition coefficient (Wildman–Crippen LogP) is 3.87. The topological polar surface area (TPSA) is 89.9 Å². The van der Waals surface area contributed by atoms with Crippen molar-refractivity contribution in [3.05, 3.63) is 51.3 Å². The highest BCUT2D eigenvalue weighted by Crippen LogP contribution is 2.33. The Morgan fingerprint density at radius 1 is 1.38 bits per heavy atom. The van der Waals surface area contributed by atoms with E-state index in [1.165, 1.54) is 19.3 Å². The molecule has 3 aromatic rings. The molecule has 0 fully saturated rings. The number of fused-ring (bicyclic) bond motifs is 1. The van der Waals surface area contributed by atoms with Gasteiger partial charge in [-0.2, -0.15) is 0 Å². The summed E-state index contributed by atoms with van der Waals surface area (Å²) in [5.41, 5.74) is 0.534. The molecule has 7 heteroatoms. The van der Waals surface area contributed by atoms with Crippen LogP contribution in [0.15, 0.2) is 44.2 Å². The highest BCUT2D eigenvalue weighted by atomic mass is 35.5. The van der Waals surface area contributed by atoms with Crippen molar-refractivity contribution in [2.24, 2.45) is 0 Å². The fourth-order valence-corrected chi connectivity index (χ4v) is 2.37. The Kier molecular flexibility index (Phi) is 4.07. The van der Waals surface area contributed by atoms with Crippen LogP contribution in [0.25, 0.3) is 22.5 Å². The van der Waals surface area contributed by atoms with Gasteiger partial charge in [0.25, 0.3) is 0 Å². The maximum Gasteiger partial charge on any atom is 0.344 e. The Morgan fingerprint density at radius 3 is 2.75 bits per heavy atom. The third-order valence-corrected chi connectivity index (χ3v) is 3.92. The van der Waals surface area contributed by atoms with Gasteiger partial charge in [-0.3, -0.25) is 4.79 Å². The number of carbonyl (C=O) groups is 1. The van der Waals surface area contributed by atoms with E-state index in [4.69, 9.17) is 30.3 Å². The summed E-state index contributed by atoms with van der Waals surface area (Å²) in [6.45, 7) is 3.10. The highest BCUT2D eigenvalue weighted by Gasteiger charge is 2.24. The molecule has 0 saturated heterocycles. The van der Waals surface area contributed by atoms with Crippen LogP contribution in [0.4, 0.5) is 0 Å². The first-order chi connectivity index (χ1) is 11.4. The lowest BCUT2D eigenvalue weighted by molar-refractivity contribution is -0.144. The van der Waals surface area contributed by atoms with E-state index in [1.54, 1.807) is 25.1 Å². The van der Waals surface area contributed by atoms with Gasteiger partial charge in [0.2, 0.25) is 16.9 Å². The van der Waals surface area contributed by atoms with E-state index in [0.29, 0.717) is 10.6 Å². The first kappa shape index (κ1) is 16.1. The second-order valence-electron chi connectivity index (χ2n) is 5.26. The third-order valence-electron chi connectivity index (χ3n) is 3.52. The Bertz CT molecular complexity index is 971. The summed E-state index contributed by atoms with van der Waals surface area (Å²) >= 11 is 6.07. The Labute approximate surface area is 141 Å². The van der Waals surface area contributed by atoms with Gasteiger partial charge in [-0.05, 0) is 43.7 Å². The molecule has 3 rings (SSSR count). The van der Waals surface area contributed by atoms with Crippen LogP contribution in [0, 0.1) is 6.92 Å². The minimum Gasteiger partial charge on any atom is -0.479 e. The summed E-state index contributed by atoms with van der Waals surface area (Å²) in [5.74, 6) is -1.14. The molecule has 0 bridgehead atoms. The van der Waals surface area contributed by atoms with Crippen LogP contribution in [0.1, 0.15) is 12.5 Å². The molecule has 0 radical (unpaired) electrons. The Balaban J connectivity index is 2.31. The number of ether oxygens (including phenoxy) is 1. The van der Waals surface area contributed by atoms with Gasteiger partial charge in [0.1, 0.15) is 5.58 Å². The van der Waals surface area contributed by atoms with E-state index in [1.807, 2.05) is 0 Å². The van der Waals surface area contributed by atoms with Crippen LogP contribution in [0.2, 0.25) is 5.02 Å². The van der Waals surface area contributed by atoms with E-state index in [-0.39, 0.29) is 22.7 Å². The Morgan fingerprint density at radius 2 is 2.12 bits per heavy atom. The predicted molar refractivity (Wildman–Crippen MR) is 87.7 cm³/mol. The lowest BCUT2D eigenvalue weighted by Gasteiger charge is -2.13. The summed E-state index contributed by atoms with van der Waals surface area (Å²) in [5, 5.41) is 9.65. The van der Waals surface area contributed by atoms with Crippen molar-refractivity contribution in [2.75, 3.05) is 0 Å². The molecule has 124 valence electrons. The zero-order valence-corrected chi connectivity index (χ0v) is 13.6.